The van der Waals surface area contributed by atoms with Crippen LogP contribution in [0.1, 0.15) is 40.7 Å². The van der Waals surface area contributed by atoms with Crippen LogP contribution in [0.4, 0.5) is 8.78 Å². The van der Waals surface area contributed by atoms with E-state index in [9.17, 15) is 18.8 Å². The van der Waals surface area contributed by atoms with E-state index < -0.39 is 18.6 Å². The first-order valence-corrected chi connectivity index (χ1v) is 17.0. The van der Waals surface area contributed by atoms with Crippen molar-refractivity contribution in [2.24, 2.45) is 0 Å². The van der Waals surface area contributed by atoms with Gasteiger partial charge in [0.25, 0.3) is 0 Å². The summed E-state index contributed by atoms with van der Waals surface area (Å²) < 4.78 is 49.3. The van der Waals surface area contributed by atoms with Crippen LogP contribution in [0.2, 0.25) is 0 Å². The number of rotatable bonds is 11. The van der Waals surface area contributed by atoms with Gasteiger partial charge in [-0.25, -0.2) is 9.97 Å². The van der Waals surface area contributed by atoms with Gasteiger partial charge in [-0.2, -0.15) is 19.3 Å². The van der Waals surface area contributed by atoms with Crippen LogP contribution in [0.3, 0.4) is 0 Å². The number of fused-ring (bicyclic) bond motifs is 2. The van der Waals surface area contributed by atoms with Gasteiger partial charge < -0.3 is 23.6 Å². The third-order valence-electron chi connectivity index (χ3n) is 9.38. The molecule has 3 heterocycles. The Morgan fingerprint density at radius 2 is 1.66 bits per heavy atom. The number of nitriles is 2. The fourth-order valence-corrected chi connectivity index (χ4v) is 6.75. The standard InChI is InChI=1S/C40H34F2N6O5/c1-22-27(28-8-5-10-30(23(28)2)38-47-33-16-24(20-48(3)14-12-43)15-25(19-44)36(33)53-38)7-4-9-29(22)37-46-32-17-26(21-50-39(49)31-11-6-13-45-31)34(52-40(41)42)18-35(32)51-37/h4-5,7-10,15-18,31,40,45H,6,11,13-14,20-21H2,1-3H3/t31-/m0/s1. The van der Waals surface area contributed by atoms with Crippen molar-refractivity contribution in [2.45, 2.75) is 52.5 Å². The minimum Gasteiger partial charge on any atom is -0.460 e. The predicted octanol–water partition coefficient (Wildman–Crippen LogP) is 7.81. The van der Waals surface area contributed by atoms with Gasteiger partial charge in [-0.3, -0.25) is 9.69 Å². The van der Waals surface area contributed by atoms with Gasteiger partial charge in [0.05, 0.1) is 18.2 Å². The van der Waals surface area contributed by atoms with Crippen molar-refractivity contribution in [1.82, 2.24) is 20.2 Å². The molecule has 13 heteroatoms. The molecule has 1 aliphatic heterocycles. The summed E-state index contributed by atoms with van der Waals surface area (Å²) in [6, 6.07) is 22.0. The van der Waals surface area contributed by atoms with E-state index >= 15 is 0 Å². The Morgan fingerprint density at radius 1 is 0.981 bits per heavy atom. The van der Waals surface area contributed by atoms with Crippen LogP contribution in [0.15, 0.2) is 69.5 Å². The third-order valence-corrected chi connectivity index (χ3v) is 9.38. The summed E-state index contributed by atoms with van der Waals surface area (Å²) >= 11 is 0. The van der Waals surface area contributed by atoms with E-state index in [0.717, 1.165) is 39.8 Å². The fourth-order valence-electron chi connectivity index (χ4n) is 6.75. The van der Waals surface area contributed by atoms with Gasteiger partial charge in [0.2, 0.25) is 11.8 Å². The molecule has 0 aliphatic carbocycles. The number of hydrogen-bond acceptors (Lipinski definition) is 11. The smallest absolute Gasteiger partial charge is 0.387 e. The number of oxazole rings is 2. The molecule has 0 bridgehead atoms. The van der Waals surface area contributed by atoms with Crippen molar-refractivity contribution in [1.29, 1.82) is 10.5 Å². The number of benzene rings is 4. The SMILES string of the molecule is Cc1c(-c2nc3cc(COC(=O)[C@@H]4CCCN4)c(OC(F)F)cc3o2)cccc1-c1cccc(-c2nc3cc(CN(C)CC#N)cc(C#N)c3o2)c1C. The molecule has 11 nitrogen and oxygen atoms in total. The number of aromatic nitrogens is 2. The van der Waals surface area contributed by atoms with E-state index in [-0.39, 0.29) is 35.9 Å². The molecule has 2 aromatic heterocycles. The highest BCUT2D eigenvalue weighted by atomic mass is 19.3. The number of carbonyl (C=O) groups is 1. The van der Waals surface area contributed by atoms with Crippen molar-refractivity contribution in [3.8, 4) is 51.9 Å². The number of alkyl halides is 2. The molecule has 1 aliphatic rings. The maximum Gasteiger partial charge on any atom is 0.387 e. The number of halogens is 2. The molecule has 268 valence electrons. The summed E-state index contributed by atoms with van der Waals surface area (Å²) in [6.45, 7) is 2.00. The lowest BCUT2D eigenvalue weighted by molar-refractivity contribution is -0.147. The molecule has 1 saturated heterocycles. The predicted molar refractivity (Wildman–Crippen MR) is 191 cm³/mol. The average Bonchev–Trinajstić information content (AvgIpc) is 3.91. The summed E-state index contributed by atoms with van der Waals surface area (Å²) in [5, 5.41) is 22.0. The number of esters is 1. The van der Waals surface area contributed by atoms with E-state index in [1.165, 1.54) is 12.1 Å². The molecule has 0 radical (unpaired) electrons. The van der Waals surface area contributed by atoms with Crippen LogP contribution in [0.25, 0.3) is 56.2 Å². The number of nitrogens with zero attached hydrogens (tertiary/aromatic N) is 5. The summed E-state index contributed by atoms with van der Waals surface area (Å²) in [7, 11) is 1.83. The van der Waals surface area contributed by atoms with Crippen LogP contribution in [0, 0.1) is 36.5 Å². The van der Waals surface area contributed by atoms with E-state index in [1.807, 2.05) is 68.3 Å². The normalized spacial score (nSPS) is 14.2. The lowest BCUT2D eigenvalue weighted by Gasteiger charge is -2.14. The lowest BCUT2D eigenvalue weighted by atomic mass is 9.91. The summed E-state index contributed by atoms with van der Waals surface area (Å²) in [5.74, 6) is 0.0317. The zero-order valence-electron chi connectivity index (χ0n) is 29.2. The Labute approximate surface area is 303 Å². The minimum absolute atomic E-state index is 0.163. The Kier molecular flexibility index (Phi) is 9.87. The van der Waals surface area contributed by atoms with Gasteiger partial charge in [-0.15, -0.1) is 0 Å². The molecule has 7 rings (SSSR count). The molecule has 6 aromatic rings. The highest BCUT2D eigenvalue weighted by Crippen LogP contribution is 2.39. The van der Waals surface area contributed by atoms with Crippen molar-refractivity contribution < 1.29 is 31.9 Å². The molecule has 0 unspecified atom stereocenters. The Hall–Kier alpha value is -6.15. The van der Waals surface area contributed by atoms with Crippen LogP contribution >= 0.6 is 0 Å². The minimum atomic E-state index is -3.10. The molecule has 1 fully saturated rings. The molecular formula is C40H34F2N6O5. The Morgan fingerprint density at radius 3 is 2.30 bits per heavy atom. The zero-order chi connectivity index (χ0) is 37.2. The topological polar surface area (TPSA) is 150 Å². The van der Waals surface area contributed by atoms with Crippen LogP contribution < -0.4 is 10.1 Å². The molecular weight excluding hydrogens is 682 g/mol. The number of hydrogen-bond donors (Lipinski definition) is 1. The molecule has 1 atom stereocenters. The quantitative estimate of drug-likeness (QED) is 0.103. The summed E-state index contributed by atoms with van der Waals surface area (Å²) in [6.07, 6.45) is 1.50. The van der Waals surface area contributed by atoms with Crippen LogP contribution in [-0.4, -0.2) is 53.6 Å². The third kappa shape index (κ3) is 7.17. The van der Waals surface area contributed by atoms with E-state index in [1.54, 1.807) is 6.07 Å². The molecule has 0 spiro atoms. The average molecular weight is 717 g/mol. The maximum absolute atomic E-state index is 13.4. The van der Waals surface area contributed by atoms with E-state index in [0.29, 0.717) is 53.1 Å². The Bertz CT molecular complexity index is 2440. The van der Waals surface area contributed by atoms with Gasteiger partial charge in [-0.05, 0) is 98.4 Å². The zero-order valence-corrected chi connectivity index (χ0v) is 29.2. The molecule has 1 N–H and O–H groups in total. The van der Waals surface area contributed by atoms with Crippen LogP contribution in [0.5, 0.6) is 5.75 Å². The molecule has 4 aromatic carbocycles. The molecule has 53 heavy (non-hydrogen) atoms. The highest BCUT2D eigenvalue weighted by molar-refractivity contribution is 5.86. The van der Waals surface area contributed by atoms with Crippen molar-refractivity contribution in [2.75, 3.05) is 20.1 Å². The first-order chi connectivity index (χ1) is 25.6. The number of nitrogens with one attached hydrogen (secondary N) is 1. The van der Waals surface area contributed by atoms with Gasteiger partial charge in [-0.1, -0.05) is 24.3 Å². The van der Waals surface area contributed by atoms with Crippen LogP contribution in [-0.2, 0) is 22.7 Å². The first-order valence-electron chi connectivity index (χ1n) is 17.0. The van der Waals surface area contributed by atoms with Crippen molar-refractivity contribution in [3.63, 3.8) is 0 Å². The second-order valence-corrected chi connectivity index (χ2v) is 13.0. The monoisotopic (exact) mass is 716 g/mol. The largest absolute Gasteiger partial charge is 0.460 e. The van der Waals surface area contributed by atoms with Gasteiger partial charge in [0.1, 0.15) is 35.5 Å². The fraction of sp³-hybridized carbons (Fsp3) is 0.275. The molecule has 0 saturated carbocycles. The first kappa shape index (κ1) is 35.3. The van der Waals surface area contributed by atoms with Crippen molar-refractivity contribution in [3.05, 3.63) is 88.5 Å². The van der Waals surface area contributed by atoms with Gasteiger partial charge >= 0.3 is 12.6 Å². The van der Waals surface area contributed by atoms with Gasteiger partial charge in [0.15, 0.2) is 11.2 Å². The van der Waals surface area contributed by atoms with E-state index in [2.05, 4.69) is 17.5 Å². The second kappa shape index (κ2) is 14.8. The van der Waals surface area contributed by atoms with Gasteiger partial charge in [0, 0.05) is 29.3 Å². The second-order valence-electron chi connectivity index (χ2n) is 13.0. The number of carbonyl (C=O) groups excluding carboxylic acids is 1. The number of ether oxygens (including phenoxy) is 2. The van der Waals surface area contributed by atoms with Crippen molar-refractivity contribution >= 4 is 28.2 Å². The molecule has 0 amide bonds. The summed E-state index contributed by atoms with van der Waals surface area (Å²) in [4.78, 5) is 23.8. The summed E-state index contributed by atoms with van der Waals surface area (Å²) in [5.41, 5.74) is 8.01. The lowest BCUT2D eigenvalue weighted by Crippen LogP contribution is -2.32. The van der Waals surface area contributed by atoms with E-state index in [4.69, 9.17) is 33.5 Å². The maximum atomic E-state index is 13.4. The highest BCUT2D eigenvalue weighted by Gasteiger charge is 2.25. The Balaban J connectivity index is 1.21.